The molecule has 0 saturated carbocycles. The van der Waals surface area contributed by atoms with Gasteiger partial charge in [0.25, 0.3) is 0 Å². The monoisotopic (exact) mass is 220 g/mol. The second kappa shape index (κ2) is 4.18. The second-order valence-electron chi connectivity index (χ2n) is 5.23. The van der Waals surface area contributed by atoms with Crippen LogP contribution >= 0.6 is 0 Å². The van der Waals surface area contributed by atoms with Gasteiger partial charge in [0.1, 0.15) is 0 Å². The van der Waals surface area contributed by atoms with Gasteiger partial charge >= 0.3 is 0 Å². The summed E-state index contributed by atoms with van der Waals surface area (Å²) in [5.41, 5.74) is 1.34. The molecule has 3 rings (SSSR count). The van der Waals surface area contributed by atoms with Crippen LogP contribution in [0.5, 0.6) is 0 Å². The third-order valence-electron chi connectivity index (χ3n) is 3.92. The van der Waals surface area contributed by atoms with Crippen molar-refractivity contribution in [3.8, 4) is 0 Å². The minimum Gasteiger partial charge on any atom is -0.316 e. The molecule has 4 nitrogen and oxygen atoms in total. The van der Waals surface area contributed by atoms with E-state index < -0.39 is 0 Å². The van der Waals surface area contributed by atoms with E-state index in [2.05, 4.69) is 21.5 Å². The fourth-order valence-electron chi connectivity index (χ4n) is 3.11. The van der Waals surface area contributed by atoms with E-state index >= 15 is 0 Å². The number of aromatic nitrogens is 2. The van der Waals surface area contributed by atoms with Gasteiger partial charge in [-0.05, 0) is 31.3 Å². The first-order valence-corrected chi connectivity index (χ1v) is 6.22. The normalized spacial score (nSPS) is 30.6. The highest BCUT2D eigenvalue weighted by molar-refractivity contribution is 5.04. The number of nitrogens with zero attached hydrogens (tertiary/aromatic N) is 3. The molecular weight excluding hydrogens is 200 g/mol. The van der Waals surface area contributed by atoms with Crippen LogP contribution < -0.4 is 5.32 Å². The van der Waals surface area contributed by atoms with Crippen LogP contribution in [0.4, 0.5) is 0 Å². The molecule has 2 saturated heterocycles. The van der Waals surface area contributed by atoms with Crippen molar-refractivity contribution in [3.05, 3.63) is 18.0 Å². The molecule has 2 atom stereocenters. The van der Waals surface area contributed by atoms with Crippen molar-refractivity contribution in [1.29, 1.82) is 0 Å². The lowest BCUT2D eigenvalue weighted by Gasteiger charge is -2.24. The van der Waals surface area contributed by atoms with Crippen molar-refractivity contribution >= 4 is 0 Å². The Balaban J connectivity index is 1.61. The summed E-state index contributed by atoms with van der Waals surface area (Å²) in [6, 6.07) is 0. The first-order valence-electron chi connectivity index (χ1n) is 6.22. The molecule has 16 heavy (non-hydrogen) atoms. The molecule has 1 aromatic rings. The average molecular weight is 220 g/mol. The standard InChI is InChI=1S/C12H20N4/c1-15-6-10(4-14-15)7-16-8-11-2-3-13-5-12(11)9-16/h4,6,11-13H,2-3,5,7-9H2,1H3. The van der Waals surface area contributed by atoms with E-state index in [0.717, 1.165) is 18.4 Å². The van der Waals surface area contributed by atoms with Crippen molar-refractivity contribution in [2.75, 3.05) is 26.2 Å². The second-order valence-corrected chi connectivity index (χ2v) is 5.23. The van der Waals surface area contributed by atoms with Crippen molar-refractivity contribution in [1.82, 2.24) is 20.0 Å². The Morgan fingerprint density at radius 1 is 1.44 bits per heavy atom. The van der Waals surface area contributed by atoms with Gasteiger partial charge in [-0.25, -0.2) is 0 Å². The number of hydrogen-bond acceptors (Lipinski definition) is 3. The highest BCUT2D eigenvalue weighted by atomic mass is 15.2. The Bertz CT molecular complexity index is 346. The van der Waals surface area contributed by atoms with Crippen molar-refractivity contribution < 1.29 is 0 Å². The number of hydrogen-bond donors (Lipinski definition) is 1. The van der Waals surface area contributed by atoms with E-state index in [-0.39, 0.29) is 0 Å². The van der Waals surface area contributed by atoms with Crippen LogP contribution in [-0.4, -0.2) is 40.9 Å². The van der Waals surface area contributed by atoms with Gasteiger partial charge in [-0.1, -0.05) is 0 Å². The third-order valence-corrected chi connectivity index (χ3v) is 3.92. The van der Waals surface area contributed by atoms with Gasteiger partial charge in [0.2, 0.25) is 0 Å². The van der Waals surface area contributed by atoms with E-state index in [1.807, 2.05) is 17.9 Å². The van der Waals surface area contributed by atoms with Crippen LogP contribution in [0.15, 0.2) is 12.4 Å². The molecule has 3 heterocycles. The van der Waals surface area contributed by atoms with Gasteiger partial charge in [0.15, 0.2) is 0 Å². The maximum Gasteiger partial charge on any atom is 0.0534 e. The van der Waals surface area contributed by atoms with E-state index in [1.165, 1.54) is 38.2 Å². The van der Waals surface area contributed by atoms with Crippen molar-refractivity contribution in [3.63, 3.8) is 0 Å². The molecule has 0 spiro atoms. The molecule has 2 aliphatic heterocycles. The highest BCUT2D eigenvalue weighted by Gasteiger charge is 2.34. The van der Waals surface area contributed by atoms with E-state index in [0.29, 0.717) is 0 Å². The predicted octanol–water partition coefficient (Wildman–Crippen LogP) is 0.461. The molecule has 2 unspecified atom stereocenters. The van der Waals surface area contributed by atoms with E-state index in [9.17, 15) is 0 Å². The Morgan fingerprint density at radius 3 is 3.06 bits per heavy atom. The highest BCUT2D eigenvalue weighted by Crippen LogP contribution is 2.28. The fourth-order valence-corrected chi connectivity index (χ4v) is 3.11. The summed E-state index contributed by atoms with van der Waals surface area (Å²) >= 11 is 0. The summed E-state index contributed by atoms with van der Waals surface area (Å²) in [4.78, 5) is 2.58. The van der Waals surface area contributed by atoms with Gasteiger partial charge in [-0.3, -0.25) is 9.58 Å². The number of likely N-dealkylation sites (tertiary alicyclic amines) is 1. The van der Waals surface area contributed by atoms with Crippen LogP contribution in [0.2, 0.25) is 0 Å². The fraction of sp³-hybridized carbons (Fsp3) is 0.750. The lowest BCUT2D eigenvalue weighted by atomic mass is 9.90. The summed E-state index contributed by atoms with van der Waals surface area (Å²) in [6.45, 7) is 6.03. The Labute approximate surface area is 96.6 Å². The van der Waals surface area contributed by atoms with Crippen LogP contribution in [-0.2, 0) is 13.6 Å². The van der Waals surface area contributed by atoms with Gasteiger partial charge in [0.05, 0.1) is 6.20 Å². The molecule has 88 valence electrons. The number of nitrogens with one attached hydrogen (secondary N) is 1. The molecule has 0 aromatic carbocycles. The smallest absolute Gasteiger partial charge is 0.0534 e. The summed E-state index contributed by atoms with van der Waals surface area (Å²) in [5, 5.41) is 7.73. The molecular formula is C12H20N4. The summed E-state index contributed by atoms with van der Waals surface area (Å²) in [6.07, 6.45) is 5.47. The van der Waals surface area contributed by atoms with E-state index in [4.69, 9.17) is 0 Å². The van der Waals surface area contributed by atoms with Gasteiger partial charge < -0.3 is 5.32 Å². The molecule has 2 aliphatic rings. The van der Waals surface area contributed by atoms with Gasteiger partial charge in [-0.2, -0.15) is 5.10 Å². The zero-order valence-electron chi connectivity index (χ0n) is 9.89. The Kier molecular flexibility index (Phi) is 2.69. The quantitative estimate of drug-likeness (QED) is 0.786. The number of aryl methyl sites for hydroxylation is 1. The molecule has 0 radical (unpaired) electrons. The van der Waals surface area contributed by atoms with Crippen LogP contribution in [0.25, 0.3) is 0 Å². The lowest BCUT2D eigenvalue weighted by molar-refractivity contribution is 0.313. The minimum absolute atomic E-state index is 0.880. The third kappa shape index (κ3) is 1.99. The summed E-state index contributed by atoms with van der Waals surface area (Å²) in [5.74, 6) is 1.81. The predicted molar refractivity (Wildman–Crippen MR) is 63.0 cm³/mol. The van der Waals surface area contributed by atoms with Crippen molar-refractivity contribution in [2.24, 2.45) is 18.9 Å². The van der Waals surface area contributed by atoms with Gasteiger partial charge in [-0.15, -0.1) is 0 Å². The number of piperidine rings is 1. The first-order chi connectivity index (χ1) is 7.81. The lowest BCUT2D eigenvalue weighted by Crippen LogP contribution is -2.35. The molecule has 1 aromatic heterocycles. The summed E-state index contributed by atoms with van der Waals surface area (Å²) < 4.78 is 1.89. The Hall–Kier alpha value is -0.870. The van der Waals surface area contributed by atoms with Crippen LogP contribution in [0.3, 0.4) is 0 Å². The molecule has 4 heteroatoms. The number of fused-ring (bicyclic) bond motifs is 1. The largest absolute Gasteiger partial charge is 0.316 e. The van der Waals surface area contributed by atoms with Crippen LogP contribution in [0.1, 0.15) is 12.0 Å². The van der Waals surface area contributed by atoms with Crippen LogP contribution in [0, 0.1) is 11.8 Å². The Morgan fingerprint density at radius 2 is 2.31 bits per heavy atom. The van der Waals surface area contributed by atoms with Gasteiger partial charge in [0, 0.05) is 38.4 Å². The maximum atomic E-state index is 4.23. The zero-order valence-corrected chi connectivity index (χ0v) is 9.89. The van der Waals surface area contributed by atoms with E-state index in [1.54, 1.807) is 0 Å². The molecule has 1 N–H and O–H groups in total. The molecule has 0 amide bonds. The molecule has 0 bridgehead atoms. The molecule has 2 fully saturated rings. The number of rotatable bonds is 2. The summed E-state index contributed by atoms with van der Waals surface area (Å²) in [7, 11) is 1.98. The average Bonchev–Trinajstić information content (AvgIpc) is 2.84. The first kappa shape index (κ1) is 10.3. The molecule has 0 aliphatic carbocycles. The van der Waals surface area contributed by atoms with Crippen molar-refractivity contribution in [2.45, 2.75) is 13.0 Å². The maximum absolute atomic E-state index is 4.23. The SMILES string of the molecule is Cn1cc(CN2CC3CCNCC3C2)cn1. The zero-order chi connectivity index (χ0) is 11.0. The topological polar surface area (TPSA) is 33.1 Å². The minimum atomic E-state index is 0.880.